The summed E-state index contributed by atoms with van der Waals surface area (Å²) in [7, 11) is 0. The Morgan fingerprint density at radius 1 is 1.38 bits per heavy atom. The number of nitrogens with zero attached hydrogens (tertiary/aromatic N) is 2. The number of halogens is 1. The molecular formula is C16H20FN3O4. The van der Waals surface area contributed by atoms with Crippen molar-refractivity contribution in [1.29, 1.82) is 0 Å². The summed E-state index contributed by atoms with van der Waals surface area (Å²) >= 11 is 0. The van der Waals surface area contributed by atoms with Gasteiger partial charge in [-0.05, 0) is 18.9 Å². The summed E-state index contributed by atoms with van der Waals surface area (Å²) in [4.78, 5) is 27.9. The zero-order chi connectivity index (χ0) is 17.1. The molecule has 2 N–H and O–H groups in total. The average Bonchev–Trinajstić information content (AvgIpc) is 3.07. The lowest BCUT2D eigenvalue weighted by atomic mass is 9.89. The van der Waals surface area contributed by atoms with Gasteiger partial charge in [0.1, 0.15) is 6.10 Å². The Bertz CT molecular complexity index is 697. The molecule has 0 radical (unpaired) electrons. The number of hydrogen-bond acceptors (Lipinski definition) is 5. The van der Waals surface area contributed by atoms with Crippen LogP contribution in [0.3, 0.4) is 0 Å². The topological polar surface area (TPSA) is 93.5 Å². The molecule has 24 heavy (non-hydrogen) atoms. The molecule has 0 bridgehead atoms. The van der Waals surface area contributed by atoms with E-state index in [1.54, 1.807) is 12.2 Å². The molecule has 1 aliphatic heterocycles. The third kappa shape index (κ3) is 3.54. The molecule has 1 aliphatic carbocycles. The number of aromatic nitrogens is 2. The van der Waals surface area contributed by atoms with Gasteiger partial charge in [-0.1, -0.05) is 25.3 Å². The Morgan fingerprint density at radius 3 is 2.79 bits per heavy atom. The quantitative estimate of drug-likeness (QED) is 0.809. The van der Waals surface area contributed by atoms with Crippen LogP contribution < -0.4 is 11.0 Å². The molecule has 130 valence electrons. The molecule has 2 heterocycles. The minimum atomic E-state index is -0.820. The van der Waals surface area contributed by atoms with Crippen molar-refractivity contribution in [2.75, 3.05) is 11.9 Å². The summed E-state index contributed by atoms with van der Waals surface area (Å²) < 4.78 is 20.6. The van der Waals surface area contributed by atoms with Gasteiger partial charge in [-0.25, -0.2) is 9.18 Å². The van der Waals surface area contributed by atoms with E-state index in [-0.39, 0.29) is 24.2 Å². The number of carbonyl (C=O) groups excluding carboxylic acids is 1. The van der Waals surface area contributed by atoms with Gasteiger partial charge >= 0.3 is 5.69 Å². The van der Waals surface area contributed by atoms with E-state index in [0.29, 0.717) is 0 Å². The minimum Gasteiger partial charge on any atom is -0.393 e. The summed E-state index contributed by atoms with van der Waals surface area (Å²) in [5, 5.41) is 11.4. The maximum absolute atomic E-state index is 14.2. The standard InChI is InChI=1S/C16H20FN3O4/c17-12-8-20(13-7-6-11(9-21)24-13)16(23)19-14(12)18-15(22)10-4-2-1-3-5-10/h6-8,10-11,13,21H,1-5,9H2,(H,18,19,22,23)/t11-,13+/m0/s1. The Kier molecular flexibility index (Phi) is 5.06. The van der Waals surface area contributed by atoms with Gasteiger partial charge in [0.2, 0.25) is 5.91 Å². The molecule has 2 atom stereocenters. The Balaban J connectivity index is 1.74. The fourth-order valence-electron chi connectivity index (χ4n) is 3.05. The highest BCUT2D eigenvalue weighted by molar-refractivity contribution is 5.91. The normalized spacial score (nSPS) is 24.2. The lowest BCUT2D eigenvalue weighted by Crippen LogP contribution is -2.31. The van der Waals surface area contributed by atoms with Crippen molar-refractivity contribution in [2.24, 2.45) is 5.92 Å². The van der Waals surface area contributed by atoms with Gasteiger partial charge in [0.05, 0.1) is 12.8 Å². The second kappa shape index (κ2) is 7.23. The van der Waals surface area contributed by atoms with Gasteiger partial charge in [0, 0.05) is 5.92 Å². The molecule has 3 rings (SSSR count). The minimum absolute atomic E-state index is 0.159. The first-order valence-electron chi connectivity index (χ1n) is 8.12. The molecule has 0 spiro atoms. The second-order valence-corrected chi connectivity index (χ2v) is 6.08. The van der Waals surface area contributed by atoms with E-state index in [4.69, 9.17) is 9.84 Å². The summed E-state index contributed by atoms with van der Waals surface area (Å²) in [6.45, 7) is -0.229. The number of anilines is 1. The second-order valence-electron chi connectivity index (χ2n) is 6.08. The summed E-state index contributed by atoms with van der Waals surface area (Å²) in [6, 6.07) is 0. The number of rotatable bonds is 4. The van der Waals surface area contributed by atoms with Crippen molar-refractivity contribution in [3.05, 3.63) is 34.7 Å². The van der Waals surface area contributed by atoms with Crippen LogP contribution in [0.2, 0.25) is 0 Å². The highest BCUT2D eigenvalue weighted by Crippen LogP contribution is 2.25. The first-order valence-corrected chi connectivity index (χ1v) is 8.12. The molecule has 7 nitrogen and oxygen atoms in total. The van der Waals surface area contributed by atoms with E-state index in [2.05, 4.69) is 10.3 Å². The maximum atomic E-state index is 14.2. The average molecular weight is 337 g/mol. The first kappa shape index (κ1) is 16.8. The number of ether oxygens (including phenoxy) is 1. The number of carbonyl (C=O) groups is 1. The smallest absolute Gasteiger partial charge is 0.352 e. The summed E-state index contributed by atoms with van der Waals surface area (Å²) in [6.07, 6.45) is 7.35. The molecule has 1 amide bonds. The molecule has 0 saturated heterocycles. The fourth-order valence-corrected chi connectivity index (χ4v) is 3.05. The van der Waals surface area contributed by atoms with E-state index in [1.165, 1.54) is 0 Å². The van der Waals surface area contributed by atoms with E-state index >= 15 is 0 Å². The number of aliphatic hydroxyl groups excluding tert-OH is 1. The summed E-state index contributed by atoms with van der Waals surface area (Å²) in [5.41, 5.74) is -0.733. The van der Waals surface area contributed by atoms with Crippen LogP contribution in [0.15, 0.2) is 23.1 Å². The van der Waals surface area contributed by atoms with Crippen LogP contribution in [0.25, 0.3) is 0 Å². The Labute approximate surface area is 138 Å². The van der Waals surface area contributed by atoms with Gasteiger partial charge in [-0.15, -0.1) is 0 Å². The van der Waals surface area contributed by atoms with Gasteiger partial charge in [0.15, 0.2) is 17.9 Å². The third-order valence-electron chi connectivity index (χ3n) is 4.38. The largest absolute Gasteiger partial charge is 0.393 e. The summed E-state index contributed by atoms with van der Waals surface area (Å²) in [5.74, 6) is -1.61. The van der Waals surface area contributed by atoms with Crippen LogP contribution in [0.4, 0.5) is 10.2 Å². The first-order chi connectivity index (χ1) is 11.6. The molecular weight excluding hydrogens is 317 g/mol. The fraction of sp³-hybridized carbons (Fsp3) is 0.562. The van der Waals surface area contributed by atoms with Crippen molar-refractivity contribution in [3.8, 4) is 0 Å². The molecule has 1 aromatic heterocycles. The SMILES string of the molecule is O=C(Nc1nc(=O)n([C@H]2C=C[C@@H](CO)O2)cc1F)C1CCCCC1. The number of hydrogen-bond donors (Lipinski definition) is 2. The van der Waals surface area contributed by atoms with E-state index < -0.39 is 23.8 Å². The van der Waals surface area contributed by atoms with Crippen molar-refractivity contribution in [1.82, 2.24) is 9.55 Å². The van der Waals surface area contributed by atoms with E-state index in [9.17, 15) is 14.0 Å². The highest BCUT2D eigenvalue weighted by atomic mass is 19.1. The third-order valence-corrected chi connectivity index (χ3v) is 4.38. The maximum Gasteiger partial charge on any atom is 0.352 e. The van der Waals surface area contributed by atoms with Crippen LogP contribution in [0.1, 0.15) is 38.3 Å². The molecule has 1 fully saturated rings. The predicted molar refractivity (Wildman–Crippen MR) is 83.8 cm³/mol. The number of aliphatic hydroxyl groups is 1. The molecule has 0 aromatic carbocycles. The lowest BCUT2D eigenvalue weighted by Gasteiger charge is -2.21. The van der Waals surface area contributed by atoms with Crippen molar-refractivity contribution < 1.29 is 19.0 Å². The number of amides is 1. The molecule has 2 aliphatic rings. The van der Waals surface area contributed by atoms with Crippen molar-refractivity contribution >= 4 is 11.7 Å². The predicted octanol–water partition coefficient (Wildman–Crippen LogP) is 1.35. The van der Waals surface area contributed by atoms with Crippen LogP contribution >= 0.6 is 0 Å². The van der Waals surface area contributed by atoms with E-state index in [1.807, 2.05) is 0 Å². The van der Waals surface area contributed by atoms with Gasteiger partial charge in [-0.3, -0.25) is 9.36 Å². The zero-order valence-corrected chi connectivity index (χ0v) is 13.2. The van der Waals surface area contributed by atoms with Crippen LogP contribution in [0.5, 0.6) is 0 Å². The Morgan fingerprint density at radius 2 is 2.12 bits per heavy atom. The van der Waals surface area contributed by atoms with Crippen LogP contribution in [0, 0.1) is 11.7 Å². The molecule has 8 heteroatoms. The highest BCUT2D eigenvalue weighted by Gasteiger charge is 2.25. The van der Waals surface area contributed by atoms with Gasteiger partial charge in [-0.2, -0.15) is 4.98 Å². The van der Waals surface area contributed by atoms with E-state index in [0.717, 1.165) is 42.9 Å². The van der Waals surface area contributed by atoms with Crippen LogP contribution in [-0.2, 0) is 9.53 Å². The van der Waals surface area contributed by atoms with Crippen LogP contribution in [-0.4, -0.2) is 33.3 Å². The lowest BCUT2D eigenvalue weighted by molar-refractivity contribution is -0.120. The van der Waals surface area contributed by atoms with Gasteiger partial charge < -0.3 is 15.2 Å². The molecule has 0 unspecified atom stereocenters. The molecule has 1 aromatic rings. The monoisotopic (exact) mass is 337 g/mol. The zero-order valence-electron chi connectivity index (χ0n) is 13.2. The van der Waals surface area contributed by atoms with Crippen molar-refractivity contribution in [3.63, 3.8) is 0 Å². The van der Waals surface area contributed by atoms with Crippen molar-refractivity contribution in [2.45, 2.75) is 44.4 Å². The number of nitrogens with one attached hydrogen (secondary N) is 1. The van der Waals surface area contributed by atoms with Gasteiger partial charge in [0.25, 0.3) is 0 Å². The molecule has 1 saturated carbocycles. The Hall–Kier alpha value is -2.06.